The number of para-hydroxylation sites is 1. The van der Waals surface area contributed by atoms with Crippen LogP contribution in [0.2, 0.25) is 0 Å². The van der Waals surface area contributed by atoms with E-state index in [4.69, 9.17) is 0 Å². The monoisotopic (exact) mass is 379 g/mol. The number of carbonyl (C=O) groups is 1. The quantitative estimate of drug-likeness (QED) is 0.511. The van der Waals surface area contributed by atoms with Crippen molar-refractivity contribution in [2.24, 2.45) is 0 Å². The molecular weight excluding hydrogens is 362 g/mol. The van der Waals surface area contributed by atoms with Crippen LogP contribution in [0.1, 0.15) is 25.2 Å². The number of carbonyl (C=O) groups excluding carboxylic acids is 1. The molecule has 4 rings (SSSR count). The number of benzene rings is 1. The Morgan fingerprint density at radius 3 is 2.74 bits per heavy atom. The number of thioether (sulfide) groups is 1. The molecule has 7 nitrogen and oxygen atoms in total. The predicted molar refractivity (Wildman–Crippen MR) is 99.0 cm³/mol. The van der Waals surface area contributed by atoms with Crippen molar-refractivity contribution in [1.82, 2.24) is 15.1 Å². The van der Waals surface area contributed by atoms with Gasteiger partial charge in [0.25, 0.3) is 10.9 Å². The van der Waals surface area contributed by atoms with E-state index in [0.29, 0.717) is 34.2 Å². The first-order chi connectivity index (χ1) is 13.2. The molecule has 0 N–H and O–H groups in total. The lowest BCUT2D eigenvalue weighted by Crippen LogP contribution is -2.59. The normalized spacial score (nSPS) is 15.2. The Morgan fingerprint density at radius 2 is 2.04 bits per heavy atom. The lowest BCUT2D eigenvalue weighted by atomic mass is 10.0. The summed E-state index contributed by atoms with van der Waals surface area (Å²) in [5.41, 5.74) is 2.30. The van der Waals surface area contributed by atoms with Crippen molar-refractivity contribution in [3.8, 4) is 17.1 Å². The summed E-state index contributed by atoms with van der Waals surface area (Å²) >= 11 is 1.28. The van der Waals surface area contributed by atoms with Crippen LogP contribution in [0, 0.1) is 0 Å². The molecule has 0 radical (unpaired) electrons. The first kappa shape index (κ1) is 17.4. The van der Waals surface area contributed by atoms with Gasteiger partial charge in [0, 0.05) is 17.7 Å². The zero-order valence-corrected chi connectivity index (χ0v) is 15.7. The minimum absolute atomic E-state index is 0.0759. The zero-order chi connectivity index (χ0) is 19.0. The molecule has 0 saturated heterocycles. The number of anilines is 1. The van der Waals surface area contributed by atoms with Gasteiger partial charge in [-0.3, -0.25) is 9.78 Å². The lowest BCUT2D eigenvalue weighted by molar-refractivity contribution is -0.764. The highest BCUT2D eigenvalue weighted by molar-refractivity contribution is 7.98. The fraction of sp³-hybridized carbons (Fsp3) is 0.211. The van der Waals surface area contributed by atoms with Gasteiger partial charge in [-0.15, -0.1) is 0 Å². The number of aromatic nitrogens is 4. The molecule has 8 heteroatoms. The second-order valence-electron chi connectivity index (χ2n) is 5.96. The van der Waals surface area contributed by atoms with Crippen LogP contribution < -0.4 is 14.7 Å². The third kappa shape index (κ3) is 2.82. The topological polar surface area (TPSA) is 85.9 Å². The summed E-state index contributed by atoms with van der Waals surface area (Å²) in [5.74, 6) is -0.445. The minimum Gasteiger partial charge on any atom is -0.854 e. The molecule has 3 aromatic rings. The molecule has 0 spiro atoms. The highest BCUT2D eigenvalue weighted by Crippen LogP contribution is 2.40. The standard InChI is InChI=1S/C19H17N5O2S/c1-3-15(25)23-14-10-5-4-8-12(14)16-17(26)21-19(27-2)22-24(16)18(23)13-9-6-7-11-20-13/h4-11,18H,3H2,1-2H3. The van der Waals surface area contributed by atoms with E-state index in [-0.39, 0.29) is 11.8 Å². The highest BCUT2D eigenvalue weighted by atomic mass is 32.2. The second-order valence-corrected chi connectivity index (χ2v) is 6.73. The molecule has 1 amide bonds. The molecule has 1 aromatic carbocycles. The fourth-order valence-electron chi connectivity index (χ4n) is 3.26. The van der Waals surface area contributed by atoms with Gasteiger partial charge >= 0.3 is 6.17 Å². The van der Waals surface area contributed by atoms with Crippen LogP contribution in [0.15, 0.2) is 53.8 Å². The summed E-state index contributed by atoms with van der Waals surface area (Å²) in [6.45, 7) is 1.81. The zero-order valence-electron chi connectivity index (χ0n) is 14.9. The average molecular weight is 379 g/mol. The summed E-state index contributed by atoms with van der Waals surface area (Å²) in [6, 6.07) is 12.8. The van der Waals surface area contributed by atoms with E-state index in [0.717, 1.165) is 0 Å². The van der Waals surface area contributed by atoms with Crippen molar-refractivity contribution in [2.75, 3.05) is 11.2 Å². The second kappa shape index (κ2) is 6.96. The number of fused-ring (bicyclic) bond motifs is 3. The molecule has 3 heterocycles. The molecule has 0 aliphatic carbocycles. The molecule has 1 unspecified atom stereocenters. The molecule has 136 valence electrons. The first-order valence-electron chi connectivity index (χ1n) is 8.53. The Kier molecular flexibility index (Phi) is 4.49. The van der Waals surface area contributed by atoms with E-state index < -0.39 is 6.17 Å². The number of amides is 1. The van der Waals surface area contributed by atoms with Gasteiger partial charge in [0.05, 0.1) is 17.1 Å². The van der Waals surface area contributed by atoms with Crippen LogP contribution in [0.5, 0.6) is 5.88 Å². The Morgan fingerprint density at radius 1 is 1.26 bits per heavy atom. The van der Waals surface area contributed by atoms with Crippen molar-refractivity contribution in [1.29, 1.82) is 0 Å². The van der Waals surface area contributed by atoms with E-state index in [1.165, 1.54) is 11.8 Å². The summed E-state index contributed by atoms with van der Waals surface area (Å²) in [5, 5.41) is 17.7. The van der Waals surface area contributed by atoms with E-state index in [9.17, 15) is 9.90 Å². The van der Waals surface area contributed by atoms with Gasteiger partial charge in [-0.25, -0.2) is 9.88 Å². The van der Waals surface area contributed by atoms with Crippen molar-refractivity contribution >= 4 is 23.4 Å². The molecular formula is C19H17N5O2S. The molecule has 27 heavy (non-hydrogen) atoms. The van der Waals surface area contributed by atoms with Gasteiger partial charge in [0.15, 0.2) is 0 Å². The lowest BCUT2D eigenvalue weighted by Gasteiger charge is -2.32. The van der Waals surface area contributed by atoms with Crippen molar-refractivity contribution in [3.05, 3.63) is 54.4 Å². The maximum absolute atomic E-state index is 12.9. The predicted octanol–water partition coefficient (Wildman–Crippen LogP) is 1.93. The molecule has 1 aliphatic rings. The maximum Gasteiger partial charge on any atom is 0.309 e. The van der Waals surface area contributed by atoms with Crippen LogP contribution in [0.25, 0.3) is 11.3 Å². The summed E-state index contributed by atoms with van der Waals surface area (Å²) < 4.78 is 1.58. The van der Waals surface area contributed by atoms with E-state index in [2.05, 4.69) is 15.1 Å². The Labute approximate surface area is 160 Å². The molecule has 2 aromatic heterocycles. The Balaban J connectivity index is 2.07. The van der Waals surface area contributed by atoms with E-state index in [1.54, 1.807) is 15.8 Å². The van der Waals surface area contributed by atoms with E-state index in [1.807, 2.05) is 55.6 Å². The number of rotatable bonds is 3. The third-order valence-corrected chi connectivity index (χ3v) is 4.96. The van der Waals surface area contributed by atoms with Crippen LogP contribution in [0.3, 0.4) is 0 Å². The average Bonchev–Trinajstić information content (AvgIpc) is 2.72. The number of hydrogen-bond donors (Lipinski definition) is 0. The van der Waals surface area contributed by atoms with Crippen molar-refractivity contribution < 1.29 is 14.6 Å². The number of pyridine rings is 1. The van der Waals surface area contributed by atoms with Gasteiger partial charge < -0.3 is 5.11 Å². The number of nitrogens with zero attached hydrogens (tertiary/aromatic N) is 5. The van der Waals surface area contributed by atoms with Gasteiger partial charge in [0.2, 0.25) is 5.91 Å². The molecule has 1 atom stereocenters. The summed E-state index contributed by atoms with van der Waals surface area (Å²) in [6.07, 6.45) is 3.14. The fourth-order valence-corrected chi connectivity index (χ4v) is 3.60. The molecule has 1 aliphatic heterocycles. The van der Waals surface area contributed by atoms with Gasteiger partial charge in [-0.05, 0) is 30.5 Å². The Hall–Kier alpha value is -3.00. The van der Waals surface area contributed by atoms with Crippen LogP contribution in [-0.2, 0) is 4.79 Å². The molecule has 0 fully saturated rings. The van der Waals surface area contributed by atoms with E-state index >= 15 is 0 Å². The van der Waals surface area contributed by atoms with Gasteiger partial charge in [-0.2, -0.15) is 0 Å². The molecule has 0 bridgehead atoms. The SMILES string of the molecule is CCC(=O)N1c2ccccc2-c2c([O-])nc(SC)n[n+]2C1c1ccccn1. The van der Waals surface area contributed by atoms with Crippen LogP contribution in [-0.4, -0.2) is 27.2 Å². The maximum atomic E-state index is 12.9. The summed E-state index contributed by atoms with van der Waals surface area (Å²) in [4.78, 5) is 23.1. The summed E-state index contributed by atoms with van der Waals surface area (Å²) in [7, 11) is 0. The first-order valence-corrected chi connectivity index (χ1v) is 9.75. The molecule has 0 saturated carbocycles. The van der Waals surface area contributed by atoms with Crippen LogP contribution in [0.4, 0.5) is 5.69 Å². The van der Waals surface area contributed by atoms with Gasteiger partial charge in [0.1, 0.15) is 5.69 Å². The van der Waals surface area contributed by atoms with Gasteiger partial charge in [-0.1, -0.05) is 41.6 Å². The minimum atomic E-state index is -0.648. The number of hydrogen-bond acceptors (Lipinski definition) is 6. The third-order valence-electron chi connectivity index (χ3n) is 4.42. The van der Waals surface area contributed by atoms with Crippen molar-refractivity contribution in [2.45, 2.75) is 24.7 Å². The highest BCUT2D eigenvalue weighted by Gasteiger charge is 2.44. The Bertz CT molecular complexity index is 1010. The largest absolute Gasteiger partial charge is 0.854 e. The smallest absolute Gasteiger partial charge is 0.309 e. The van der Waals surface area contributed by atoms with Crippen molar-refractivity contribution in [3.63, 3.8) is 0 Å². The van der Waals surface area contributed by atoms with Crippen LogP contribution >= 0.6 is 11.8 Å².